The van der Waals surface area contributed by atoms with E-state index in [0.29, 0.717) is 25.4 Å². The van der Waals surface area contributed by atoms with Crippen molar-refractivity contribution in [2.24, 2.45) is 0 Å². The van der Waals surface area contributed by atoms with Crippen molar-refractivity contribution < 1.29 is 19.0 Å². The molecule has 0 amide bonds. The third-order valence-corrected chi connectivity index (χ3v) is 3.15. The minimum Gasteiger partial charge on any atom is -0.460 e. The van der Waals surface area contributed by atoms with E-state index in [1.165, 1.54) is 5.56 Å². The number of carbonyl (C=O) groups excluding carboxylic acids is 1. The van der Waals surface area contributed by atoms with Crippen LogP contribution < -0.4 is 5.32 Å². The predicted octanol–water partition coefficient (Wildman–Crippen LogP) is 1.86. The SMILES string of the molecule is COCCCOCCOC(=O)c1ccc2c(c1)NCC2. The van der Waals surface area contributed by atoms with Crippen LogP contribution in [0.1, 0.15) is 22.3 Å². The summed E-state index contributed by atoms with van der Waals surface area (Å²) in [6, 6.07) is 5.64. The Kier molecular flexibility index (Phi) is 5.83. The number of anilines is 1. The monoisotopic (exact) mass is 279 g/mol. The van der Waals surface area contributed by atoms with E-state index in [9.17, 15) is 4.79 Å². The zero-order valence-corrected chi connectivity index (χ0v) is 11.8. The maximum atomic E-state index is 11.9. The molecular formula is C15H21NO4. The number of fused-ring (bicyclic) bond motifs is 1. The van der Waals surface area contributed by atoms with Gasteiger partial charge in [0, 0.05) is 32.6 Å². The fourth-order valence-corrected chi connectivity index (χ4v) is 2.10. The Balaban J connectivity index is 1.67. The zero-order chi connectivity index (χ0) is 14.2. The average molecular weight is 279 g/mol. The molecule has 0 aromatic heterocycles. The second-order valence-corrected chi connectivity index (χ2v) is 4.64. The predicted molar refractivity (Wildman–Crippen MR) is 76.2 cm³/mol. The van der Waals surface area contributed by atoms with E-state index < -0.39 is 0 Å². The fraction of sp³-hybridized carbons (Fsp3) is 0.533. The van der Waals surface area contributed by atoms with Crippen molar-refractivity contribution >= 4 is 11.7 Å². The molecule has 1 aliphatic heterocycles. The summed E-state index contributed by atoms with van der Waals surface area (Å²) in [5, 5.41) is 3.25. The van der Waals surface area contributed by atoms with Crippen LogP contribution in [0.5, 0.6) is 0 Å². The molecule has 20 heavy (non-hydrogen) atoms. The molecule has 1 aromatic rings. The van der Waals surface area contributed by atoms with Gasteiger partial charge in [0.05, 0.1) is 12.2 Å². The zero-order valence-electron chi connectivity index (χ0n) is 11.8. The number of hydrogen-bond acceptors (Lipinski definition) is 5. The van der Waals surface area contributed by atoms with Crippen LogP contribution in [0, 0.1) is 0 Å². The van der Waals surface area contributed by atoms with Crippen molar-refractivity contribution in [3.63, 3.8) is 0 Å². The van der Waals surface area contributed by atoms with Gasteiger partial charge in [-0.1, -0.05) is 6.07 Å². The number of rotatable bonds is 8. The van der Waals surface area contributed by atoms with Gasteiger partial charge in [-0.15, -0.1) is 0 Å². The summed E-state index contributed by atoms with van der Waals surface area (Å²) in [7, 11) is 1.66. The molecule has 110 valence electrons. The third-order valence-electron chi connectivity index (χ3n) is 3.15. The van der Waals surface area contributed by atoms with E-state index in [-0.39, 0.29) is 12.6 Å². The molecule has 5 heteroatoms. The Morgan fingerprint density at radius 1 is 1.25 bits per heavy atom. The van der Waals surface area contributed by atoms with Crippen molar-refractivity contribution in [2.75, 3.05) is 45.4 Å². The molecule has 0 radical (unpaired) electrons. The molecule has 0 atom stereocenters. The van der Waals surface area contributed by atoms with Crippen molar-refractivity contribution in [3.05, 3.63) is 29.3 Å². The standard InChI is InChI=1S/C15H21NO4/c1-18-7-2-8-19-9-10-20-15(17)13-4-3-12-5-6-16-14(12)11-13/h3-4,11,16H,2,5-10H2,1H3. The van der Waals surface area contributed by atoms with Gasteiger partial charge < -0.3 is 19.5 Å². The van der Waals surface area contributed by atoms with Gasteiger partial charge in [0.25, 0.3) is 0 Å². The van der Waals surface area contributed by atoms with Crippen molar-refractivity contribution in [1.29, 1.82) is 0 Å². The molecule has 0 fully saturated rings. The van der Waals surface area contributed by atoms with E-state index in [1.807, 2.05) is 18.2 Å². The first kappa shape index (κ1) is 14.8. The van der Waals surface area contributed by atoms with Crippen LogP contribution in [0.2, 0.25) is 0 Å². The minimum absolute atomic E-state index is 0.274. The Morgan fingerprint density at radius 2 is 2.15 bits per heavy atom. The molecule has 1 heterocycles. The van der Waals surface area contributed by atoms with Gasteiger partial charge in [-0.3, -0.25) is 0 Å². The summed E-state index contributed by atoms with van der Waals surface area (Å²) in [6.07, 6.45) is 1.86. The molecule has 2 rings (SSSR count). The molecule has 0 saturated carbocycles. The van der Waals surface area contributed by atoms with Crippen molar-refractivity contribution in [1.82, 2.24) is 0 Å². The van der Waals surface area contributed by atoms with Gasteiger partial charge in [0.15, 0.2) is 0 Å². The molecular weight excluding hydrogens is 258 g/mol. The van der Waals surface area contributed by atoms with Crippen LogP contribution >= 0.6 is 0 Å². The summed E-state index contributed by atoms with van der Waals surface area (Å²) in [5.74, 6) is -0.304. The number of nitrogens with one attached hydrogen (secondary N) is 1. The fourth-order valence-electron chi connectivity index (χ4n) is 2.10. The molecule has 0 bridgehead atoms. The summed E-state index contributed by atoms with van der Waals surface area (Å²) in [6.45, 7) is 2.92. The summed E-state index contributed by atoms with van der Waals surface area (Å²) in [5.41, 5.74) is 2.87. The first-order valence-electron chi connectivity index (χ1n) is 6.92. The second kappa shape index (κ2) is 7.87. The van der Waals surface area contributed by atoms with Crippen LogP contribution in [-0.2, 0) is 20.6 Å². The summed E-state index contributed by atoms with van der Waals surface area (Å²) in [4.78, 5) is 11.9. The number of hydrogen-bond donors (Lipinski definition) is 1. The Bertz CT molecular complexity index is 447. The lowest BCUT2D eigenvalue weighted by atomic mass is 10.1. The lowest BCUT2D eigenvalue weighted by Gasteiger charge is -2.07. The van der Waals surface area contributed by atoms with Gasteiger partial charge >= 0.3 is 5.97 Å². The summed E-state index contributed by atoms with van der Waals surface area (Å²) >= 11 is 0. The van der Waals surface area contributed by atoms with E-state index in [2.05, 4.69) is 5.32 Å². The van der Waals surface area contributed by atoms with Crippen LogP contribution in [0.15, 0.2) is 18.2 Å². The molecule has 5 nitrogen and oxygen atoms in total. The molecule has 0 saturated heterocycles. The lowest BCUT2D eigenvalue weighted by Crippen LogP contribution is -2.12. The number of methoxy groups -OCH3 is 1. The molecule has 0 aliphatic carbocycles. The minimum atomic E-state index is -0.304. The topological polar surface area (TPSA) is 56.8 Å². The second-order valence-electron chi connectivity index (χ2n) is 4.64. The van der Waals surface area contributed by atoms with Crippen LogP contribution in [-0.4, -0.2) is 46.1 Å². The van der Waals surface area contributed by atoms with Crippen LogP contribution in [0.25, 0.3) is 0 Å². The van der Waals surface area contributed by atoms with Gasteiger partial charge in [-0.05, 0) is 30.5 Å². The number of carbonyl (C=O) groups is 1. The van der Waals surface area contributed by atoms with E-state index in [0.717, 1.165) is 25.1 Å². The Labute approximate surface area is 119 Å². The van der Waals surface area contributed by atoms with Crippen molar-refractivity contribution in [2.45, 2.75) is 12.8 Å². The largest absolute Gasteiger partial charge is 0.460 e. The van der Waals surface area contributed by atoms with Crippen LogP contribution in [0.4, 0.5) is 5.69 Å². The highest BCUT2D eigenvalue weighted by Gasteiger charge is 2.14. The third kappa shape index (κ3) is 4.21. The molecule has 1 N–H and O–H groups in total. The van der Waals surface area contributed by atoms with E-state index in [1.54, 1.807) is 7.11 Å². The lowest BCUT2D eigenvalue weighted by molar-refractivity contribution is 0.0288. The number of ether oxygens (including phenoxy) is 3. The first-order valence-corrected chi connectivity index (χ1v) is 6.92. The average Bonchev–Trinajstić information content (AvgIpc) is 2.93. The van der Waals surface area contributed by atoms with Gasteiger partial charge in [0.1, 0.15) is 6.61 Å². The van der Waals surface area contributed by atoms with Crippen LogP contribution in [0.3, 0.4) is 0 Å². The van der Waals surface area contributed by atoms with E-state index >= 15 is 0 Å². The van der Waals surface area contributed by atoms with Gasteiger partial charge in [-0.25, -0.2) is 4.79 Å². The highest BCUT2D eigenvalue weighted by atomic mass is 16.6. The number of esters is 1. The molecule has 1 aromatic carbocycles. The maximum absolute atomic E-state index is 11.9. The molecule has 1 aliphatic rings. The normalized spacial score (nSPS) is 12.8. The summed E-state index contributed by atoms with van der Waals surface area (Å²) < 4.78 is 15.4. The van der Waals surface area contributed by atoms with Crippen molar-refractivity contribution in [3.8, 4) is 0 Å². The Morgan fingerprint density at radius 3 is 3.00 bits per heavy atom. The molecule has 0 unspecified atom stereocenters. The number of benzene rings is 1. The van der Waals surface area contributed by atoms with E-state index in [4.69, 9.17) is 14.2 Å². The highest BCUT2D eigenvalue weighted by Crippen LogP contribution is 2.23. The van der Waals surface area contributed by atoms with Gasteiger partial charge in [-0.2, -0.15) is 0 Å². The quantitative estimate of drug-likeness (QED) is 0.581. The van der Waals surface area contributed by atoms with Gasteiger partial charge in [0.2, 0.25) is 0 Å². The Hall–Kier alpha value is -1.59. The maximum Gasteiger partial charge on any atom is 0.338 e. The first-order chi connectivity index (χ1) is 9.81. The smallest absolute Gasteiger partial charge is 0.338 e. The highest BCUT2D eigenvalue weighted by molar-refractivity contribution is 5.91. The molecule has 0 spiro atoms.